The van der Waals surface area contributed by atoms with E-state index in [1.807, 2.05) is 18.2 Å². The topological polar surface area (TPSA) is 46.1 Å². The van der Waals surface area contributed by atoms with Crippen molar-refractivity contribution < 1.29 is 9.18 Å². The van der Waals surface area contributed by atoms with Gasteiger partial charge < -0.3 is 4.90 Å². The summed E-state index contributed by atoms with van der Waals surface area (Å²) in [7, 11) is 0. The normalized spacial score (nSPS) is 14.1. The molecule has 2 heterocycles. The van der Waals surface area contributed by atoms with Crippen LogP contribution in [0.15, 0.2) is 42.9 Å². The molecule has 0 atom stereocenters. The predicted molar refractivity (Wildman–Crippen MR) is 71.3 cm³/mol. The summed E-state index contributed by atoms with van der Waals surface area (Å²) >= 11 is 0. The molecule has 0 unspecified atom stereocenters. The standard InChI is InChI=1S/C15H14FN3O/c16-14-9-17-8-6-13(14)15(20)19(12-4-5-12)10-11-3-1-2-7-18-11/h1-3,6-9,12H,4-5,10H2. The maximum absolute atomic E-state index is 13.7. The molecule has 0 bridgehead atoms. The van der Waals surface area contributed by atoms with Crippen LogP contribution in [0, 0.1) is 5.82 Å². The molecule has 4 nitrogen and oxygen atoms in total. The number of nitrogens with zero attached hydrogens (tertiary/aromatic N) is 3. The van der Waals surface area contributed by atoms with Crippen LogP contribution in [-0.4, -0.2) is 26.8 Å². The van der Waals surface area contributed by atoms with Gasteiger partial charge in [-0.1, -0.05) is 6.07 Å². The molecule has 0 N–H and O–H groups in total. The summed E-state index contributed by atoms with van der Waals surface area (Å²) in [5, 5.41) is 0. The average molecular weight is 271 g/mol. The minimum atomic E-state index is -0.579. The molecule has 1 aliphatic carbocycles. The Morgan fingerprint density at radius 1 is 1.30 bits per heavy atom. The second kappa shape index (κ2) is 5.36. The van der Waals surface area contributed by atoms with Crippen LogP contribution in [0.2, 0.25) is 0 Å². The minimum Gasteiger partial charge on any atom is -0.330 e. The van der Waals surface area contributed by atoms with E-state index in [0.717, 1.165) is 24.7 Å². The van der Waals surface area contributed by atoms with E-state index >= 15 is 0 Å². The van der Waals surface area contributed by atoms with E-state index in [0.29, 0.717) is 6.54 Å². The molecule has 102 valence electrons. The third kappa shape index (κ3) is 2.66. The Bertz CT molecular complexity index is 614. The van der Waals surface area contributed by atoms with Gasteiger partial charge in [-0.05, 0) is 31.0 Å². The van der Waals surface area contributed by atoms with E-state index in [9.17, 15) is 9.18 Å². The highest BCUT2D eigenvalue weighted by Gasteiger charge is 2.34. The van der Waals surface area contributed by atoms with Crippen LogP contribution in [0.5, 0.6) is 0 Å². The van der Waals surface area contributed by atoms with Gasteiger partial charge in [-0.3, -0.25) is 14.8 Å². The van der Waals surface area contributed by atoms with Crippen molar-refractivity contribution in [3.8, 4) is 0 Å². The van der Waals surface area contributed by atoms with Gasteiger partial charge in [-0.15, -0.1) is 0 Å². The van der Waals surface area contributed by atoms with Crippen molar-refractivity contribution in [1.82, 2.24) is 14.9 Å². The number of carbonyl (C=O) groups is 1. The first kappa shape index (κ1) is 12.7. The lowest BCUT2D eigenvalue weighted by Gasteiger charge is -2.22. The Morgan fingerprint density at radius 2 is 2.15 bits per heavy atom. The van der Waals surface area contributed by atoms with E-state index in [1.165, 1.54) is 12.3 Å². The predicted octanol–water partition coefficient (Wildman–Crippen LogP) is 2.42. The van der Waals surface area contributed by atoms with Gasteiger partial charge in [0.1, 0.15) is 0 Å². The number of amides is 1. The van der Waals surface area contributed by atoms with Crippen LogP contribution < -0.4 is 0 Å². The summed E-state index contributed by atoms with van der Waals surface area (Å²) < 4.78 is 13.7. The summed E-state index contributed by atoms with van der Waals surface area (Å²) in [5.41, 5.74) is 0.880. The molecule has 5 heteroatoms. The minimum absolute atomic E-state index is 0.0721. The first-order chi connectivity index (χ1) is 9.75. The number of carbonyl (C=O) groups excluding carboxylic acids is 1. The van der Waals surface area contributed by atoms with E-state index in [2.05, 4.69) is 9.97 Å². The number of rotatable bonds is 4. The first-order valence-electron chi connectivity index (χ1n) is 6.56. The van der Waals surface area contributed by atoms with Crippen LogP contribution in [0.3, 0.4) is 0 Å². The van der Waals surface area contributed by atoms with Gasteiger partial charge in [0.15, 0.2) is 5.82 Å². The molecule has 0 radical (unpaired) electrons. The first-order valence-corrected chi connectivity index (χ1v) is 6.56. The fraction of sp³-hybridized carbons (Fsp3) is 0.267. The van der Waals surface area contributed by atoms with E-state index in [1.54, 1.807) is 11.1 Å². The Hall–Kier alpha value is -2.30. The molecular weight excluding hydrogens is 257 g/mol. The number of halogens is 1. The van der Waals surface area contributed by atoms with Crippen LogP contribution in [-0.2, 0) is 6.54 Å². The van der Waals surface area contributed by atoms with Gasteiger partial charge in [0, 0.05) is 18.4 Å². The van der Waals surface area contributed by atoms with Crippen molar-refractivity contribution in [3.05, 3.63) is 59.9 Å². The lowest BCUT2D eigenvalue weighted by atomic mass is 10.2. The molecular formula is C15H14FN3O. The molecule has 2 aromatic rings. The Balaban J connectivity index is 1.84. The average Bonchev–Trinajstić information content (AvgIpc) is 3.30. The lowest BCUT2D eigenvalue weighted by molar-refractivity contribution is 0.0722. The van der Waals surface area contributed by atoms with Crippen molar-refractivity contribution in [2.45, 2.75) is 25.4 Å². The van der Waals surface area contributed by atoms with Gasteiger partial charge in [0.25, 0.3) is 5.91 Å². The van der Waals surface area contributed by atoms with Crippen molar-refractivity contribution in [3.63, 3.8) is 0 Å². The van der Waals surface area contributed by atoms with Gasteiger partial charge in [0.2, 0.25) is 0 Å². The molecule has 1 fully saturated rings. The van der Waals surface area contributed by atoms with Crippen molar-refractivity contribution in [2.24, 2.45) is 0 Å². The summed E-state index contributed by atoms with van der Waals surface area (Å²) in [6, 6.07) is 7.19. The molecule has 0 aliphatic heterocycles. The number of hydrogen-bond donors (Lipinski definition) is 0. The highest BCUT2D eigenvalue weighted by Crippen LogP contribution is 2.29. The molecule has 2 aromatic heterocycles. The summed E-state index contributed by atoms with van der Waals surface area (Å²) in [6.07, 6.45) is 6.12. The molecule has 1 amide bonds. The van der Waals surface area contributed by atoms with Crippen molar-refractivity contribution >= 4 is 5.91 Å². The lowest BCUT2D eigenvalue weighted by Crippen LogP contribution is -2.33. The quantitative estimate of drug-likeness (QED) is 0.858. The Kier molecular flexibility index (Phi) is 3.41. The molecule has 0 saturated heterocycles. The maximum Gasteiger partial charge on any atom is 0.257 e. The summed E-state index contributed by atoms with van der Waals surface area (Å²) in [5.74, 6) is -0.873. The van der Waals surface area contributed by atoms with Crippen LogP contribution >= 0.6 is 0 Å². The van der Waals surface area contributed by atoms with Crippen molar-refractivity contribution in [2.75, 3.05) is 0 Å². The molecule has 0 spiro atoms. The van der Waals surface area contributed by atoms with Crippen LogP contribution in [0.25, 0.3) is 0 Å². The van der Waals surface area contributed by atoms with Crippen molar-refractivity contribution in [1.29, 1.82) is 0 Å². The second-order valence-corrected chi connectivity index (χ2v) is 4.84. The van der Waals surface area contributed by atoms with Gasteiger partial charge >= 0.3 is 0 Å². The molecule has 1 aliphatic rings. The summed E-state index contributed by atoms with van der Waals surface area (Å²) in [4.78, 5) is 22.1. The highest BCUT2D eigenvalue weighted by molar-refractivity contribution is 5.94. The van der Waals surface area contributed by atoms with E-state index < -0.39 is 5.82 Å². The highest BCUT2D eigenvalue weighted by atomic mass is 19.1. The van der Waals surface area contributed by atoms with Crippen LogP contribution in [0.4, 0.5) is 4.39 Å². The van der Waals surface area contributed by atoms with Gasteiger partial charge in [0.05, 0.1) is 24.0 Å². The zero-order chi connectivity index (χ0) is 13.9. The molecule has 20 heavy (non-hydrogen) atoms. The van der Waals surface area contributed by atoms with Gasteiger partial charge in [-0.25, -0.2) is 4.39 Å². The van der Waals surface area contributed by atoms with E-state index in [-0.39, 0.29) is 17.5 Å². The number of hydrogen-bond acceptors (Lipinski definition) is 3. The fourth-order valence-electron chi connectivity index (χ4n) is 2.12. The maximum atomic E-state index is 13.7. The molecule has 1 saturated carbocycles. The van der Waals surface area contributed by atoms with E-state index in [4.69, 9.17) is 0 Å². The zero-order valence-electron chi connectivity index (χ0n) is 10.9. The summed E-state index contributed by atoms with van der Waals surface area (Å²) in [6.45, 7) is 0.409. The monoisotopic (exact) mass is 271 g/mol. The molecule has 0 aromatic carbocycles. The van der Waals surface area contributed by atoms with Gasteiger partial charge in [-0.2, -0.15) is 0 Å². The largest absolute Gasteiger partial charge is 0.330 e. The molecule has 3 rings (SSSR count). The smallest absolute Gasteiger partial charge is 0.257 e. The van der Waals surface area contributed by atoms with Crippen LogP contribution in [0.1, 0.15) is 28.9 Å². The SMILES string of the molecule is O=C(c1ccncc1F)N(Cc1ccccn1)C1CC1. The number of aromatic nitrogens is 2. The number of pyridine rings is 2. The third-order valence-corrected chi connectivity index (χ3v) is 3.31. The fourth-order valence-corrected chi connectivity index (χ4v) is 2.12. The second-order valence-electron chi connectivity index (χ2n) is 4.84. The third-order valence-electron chi connectivity index (χ3n) is 3.31. The Morgan fingerprint density at radius 3 is 2.80 bits per heavy atom. The zero-order valence-corrected chi connectivity index (χ0v) is 10.9. The Labute approximate surface area is 116 Å².